The minimum absolute atomic E-state index is 0.505. The monoisotopic (exact) mass is 310 g/mol. The van der Waals surface area contributed by atoms with Gasteiger partial charge >= 0.3 is 0 Å². The molecule has 22 heavy (non-hydrogen) atoms. The highest BCUT2D eigenvalue weighted by atomic mass is 16.6. The van der Waals surface area contributed by atoms with Gasteiger partial charge in [0.05, 0.1) is 46.2 Å². The molecule has 0 N–H and O–H groups in total. The van der Waals surface area contributed by atoms with Crippen molar-refractivity contribution in [1.82, 2.24) is 0 Å². The van der Waals surface area contributed by atoms with Crippen LogP contribution in [-0.4, -0.2) is 60.0 Å². The minimum atomic E-state index is 0.505. The molecule has 0 radical (unpaired) electrons. The quantitative estimate of drug-likeness (QED) is 0.494. The molecule has 0 aliphatic carbocycles. The fraction of sp³-hybridized carbons (Fsp3) is 0.529. The number of rotatable bonds is 14. The highest BCUT2D eigenvalue weighted by Gasteiger charge is 1.98. The second-order valence-electron chi connectivity index (χ2n) is 4.42. The molecule has 0 saturated heterocycles. The number of hydrogen-bond acceptors (Lipinski definition) is 5. The number of ether oxygens (including phenoxy) is 5. The maximum atomic E-state index is 5.64. The van der Waals surface area contributed by atoms with Crippen LogP contribution in [-0.2, 0) is 18.9 Å². The van der Waals surface area contributed by atoms with E-state index in [0.717, 1.165) is 11.3 Å². The van der Waals surface area contributed by atoms with E-state index in [0.29, 0.717) is 52.9 Å². The summed E-state index contributed by atoms with van der Waals surface area (Å²) in [5.41, 5.74) is 0.985. The molecule has 1 aromatic rings. The molecule has 0 atom stereocenters. The van der Waals surface area contributed by atoms with Crippen molar-refractivity contribution in [2.75, 3.05) is 60.0 Å². The molecule has 1 aromatic carbocycles. The van der Waals surface area contributed by atoms with Crippen LogP contribution in [0.5, 0.6) is 5.75 Å². The van der Waals surface area contributed by atoms with E-state index in [4.69, 9.17) is 23.7 Å². The van der Waals surface area contributed by atoms with E-state index in [1.165, 1.54) is 0 Å². The lowest BCUT2D eigenvalue weighted by atomic mass is 10.2. The Bertz CT molecular complexity index is 394. The van der Waals surface area contributed by atoms with Crippen LogP contribution in [0, 0.1) is 0 Å². The topological polar surface area (TPSA) is 46.2 Å². The molecule has 0 aromatic heterocycles. The molecule has 1 rings (SSSR count). The summed E-state index contributed by atoms with van der Waals surface area (Å²) in [5.74, 6) is 0.825. The van der Waals surface area contributed by atoms with E-state index in [1.807, 2.05) is 24.3 Å². The van der Waals surface area contributed by atoms with Gasteiger partial charge in [0.2, 0.25) is 0 Å². The van der Waals surface area contributed by atoms with Gasteiger partial charge in [-0.3, -0.25) is 0 Å². The van der Waals surface area contributed by atoms with Crippen molar-refractivity contribution in [3.05, 3.63) is 36.4 Å². The fourth-order valence-corrected chi connectivity index (χ4v) is 1.68. The number of benzene rings is 1. The summed E-state index contributed by atoms with van der Waals surface area (Å²) in [6.45, 7) is 8.23. The van der Waals surface area contributed by atoms with Gasteiger partial charge < -0.3 is 23.7 Å². The highest BCUT2D eigenvalue weighted by molar-refractivity contribution is 5.55. The van der Waals surface area contributed by atoms with Crippen LogP contribution >= 0.6 is 0 Å². The van der Waals surface area contributed by atoms with E-state index >= 15 is 0 Å². The average molecular weight is 310 g/mol. The van der Waals surface area contributed by atoms with Crippen molar-refractivity contribution in [3.8, 4) is 5.75 Å². The van der Waals surface area contributed by atoms with E-state index in [2.05, 4.69) is 6.58 Å². The van der Waals surface area contributed by atoms with Gasteiger partial charge in [-0.15, -0.1) is 0 Å². The van der Waals surface area contributed by atoms with Crippen molar-refractivity contribution < 1.29 is 23.7 Å². The van der Waals surface area contributed by atoms with Gasteiger partial charge in [-0.05, 0) is 6.07 Å². The third-order valence-corrected chi connectivity index (χ3v) is 2.80. The molecule has 0 aliphatic rings. The third-order valence-electron chi connectivity index (χ3n) is 2.80. The predicted octanol–water partition coefficient (Wildman–Crippen LogP) is 2.40. The number of methoxy groups -OCH3 is 1. The van der Waals surface area contributed by atoms with Gasteiger partial charge in [-0.2, -0.15) is 0 Å². The molecule has 0 bridgehead atoms. The Morgan fingerprint density at radius 1 is 0.818 bits per heavy atom. The summed E-state index contributed by atoms with van der Waals surface area (Å²) >= 11 is 0. The first-order valence-corrected chi connectivity index (χ1v) is 7.45. The molecule has 0 saturated carbocycles. The Kier molecular flexibility index (Phi) is 11.3. The maximum Gasteiger partial charge on any atom is 0.126 e. The van der Waals surface area contributed by atoms with Crippen LogP contribution in [0.1, 0.15) is 5.56 Å². The zero-order valence-electron chi connectivity index (χ0n) is 13.3. The van der Waals surface area contributed by atoms with Crippen LogP contribution in [0.4, 0.5) is 0 Å². The molecule has 0 spiro atoms. The lowest BCUT2D eigenvalue weighted by Crippen LogP contribution is -2.13. The first kappa shape index (κ1) is 18.6. The smallest absolute Gasteiger partial charge is 0.126 e. The van der Waals surface area contributed by atoms with Gasteiger partial charge in [0.1, 0.15) is 12.4 Å². The van der Waals surface area contributed by atoms with Crippen molar-refractivity contribution in [2.24, 2.45) is 0 Å². The zero-order valence-corrected chi connectivity index (χ0v) is 13.3. The lowest BCUT2D eigenvalue weighted by Gasteiger charge is -2.10. The van der Waals surface area contributed by atoms with Gasteiger partial charge in [0.15, 0.2) is 0 Å². The van der Waals surface area contributed by atoms with E-state index in [-0.39, 0.29) is 0 Å². The van der Waals surface area contributed by atoms with Crippen LogP contribution < -0.4 is 4.74 Å². The summed E-state index contributed by atoms with van der Waals surface area (Å²) in [4.78, 5) is 0. The molecule has 0 heterocycles. The van der Waals surface area contributed by atoms with Crippen LogP contribution in [0.15, 0.2) is 30.8 Å². The van der Waals surface area contributed by atoms with Crippen LogP contribution in [0.25, 0.3) is 6.08 Å². The standard InChI is InChI=1S/C17H26O5/c1-3-16-6-4-5-7-17(16)22-15-14-21-13-12-20-11-10-19-9-8-18-2/h3-7H,1,8-15H2,2H3. The molecular weight excluding hydrogens is 284 g/mol. The van der Waals surface area contributed by atoms with Gasteiger partial charge in [-0.1, -0.05) is 30.9 Å². The van der Waals surface area contributed by atoms with Crippen molar-refractivity contribution in [3.63, 3.8) is 0 Å². The number of para-hydroxylation sites is 1. The second-order valence-corrected chi connectivity index (χ2v) is 4.42. The first-order chi connectivity index (χ1) is 10.9. The molecule has 0 unspecified atom stereocenters. The fourth-order valence-electron chi connectivity index (χ4n) is 1.68. The summed E-state index contributed by atoms with van der Waals surface area (Å²) in [7, 11) is 1.65. The molecule has 0 aliphatic heterocycles. The summed E-state index contributed by atoms with van der Waals surface area (Å²) in [6, 6.07) is 7.78. The average Bonchev–Trinajstić information content (AvgIpc) is 2.56. The maximum absolute atomic E-state index is 5.64. The van der Waals surface area contributed by atoms with Gasteiger partial charge in [0, 0.05) is 12.7 Å². The highest BCUT2D eigenvalue weighted by Crippen LogP contribution is 2.18. The van der Waals surface area contributed by atoms with Crippen LogP contribution in [0.2, 0.25) is 0 Å². The van der Waals surface area contributed by atoms with E-state index in [9.17, 15) is 0 Å². The van der Waals surface area contributed by atoms with Crippen LogP contribution in [0.3, 0.4) is 0 Å². The molecule has 124 valence electrons. The number of hydrogen-bond donors (Lipinski definition) is 0. The largest absolute Gasteiger partial charge is 0.491 e. The molecule has 5 nitrogen and oxygen atoms in total. The van der Waals surface area contributed by atoms with Crippen molar-refractivity contribution in [1.29, 1.82) is 0 Å². The Morgan fingerprint density at radius 3 is 1.95 bits per heavy atom. The van der Waals surface area contributed by atoms with Gasteiger partial charge in [0.25, 0.3) is 0 Å². The predicted molar refractivity (Wildman–Crippen MR) is 86.4 cm³/mol. The zero-order chi connectivity index (χ0) is 15.9. The molecule has 0 fully saturated rings. The van der Waals surface area contributed by atoms with Crippen molar-refractivity contribution in [2.45, 2.75) is 0 Å². The normalized spacial score (nSPS) is 10.6. The van der Waals surface area contributed by atoms with Crippen molar-refractivity contribution >= 4 is 6.08 Å². The van der Waals surface area contributed by atoms with E-state index < -0.39 is 0 Å². The first-order valence-electron chi connectivity index (χ1n) is 7.45. The summed E-state index contributed by atoms with van der Waals surface area (Å²) < 4.78 is 26.6. The molecule has 0 amide bonds. The second kappa shape index (κ2) is 13.3. The Hall–Kier alpha value is -1.40. The van der Waals surface area contributed by atoms with Gasteiger partial charge in [-0.25, -0.2) is 0 Å². The molecule has 5 heteroatoms. The minimum Gasteiger partial charge on any atom is -0.491 e. The van der Waals surface area contributed by atoms with E-state index in [1.54, 1.807) is 13.2 Å². The summed E-state index contributed by atoms with van der Waals surface area (Å²) in [6.07, 6.45) is 1.78. The Morgan fingerprint density at radius 2 is 1.36 bits per heavy atom. The summed E-state index contributed by atoms with van der Waals surface area (Å²) in [5, 5.41) is 0. The Balaban J connectivity index is 1.90. The SMILES string of the molecule is C=Cc1ccccc1OCCOCCOCCOCCOC. The lowest BCUT2D eigenvalue weighted by molar-refractivity contribution is 0.000157. The third kappa shape index (κ3) is 8.79. The molecular formula is C17H26O5. The Labute approximate surface area is 132 Å².